The molecule has 1 aliphatic rings. The molecule has 130 valence electrons. The van der Waals surface area contributed by atoms with Gasteiger partial charge in [-0.25, -0.2) is 0 Å². The molecular formula is C19H19ClN2O3. The van der Waals surface area contributed by atoms with E-state index in [0.717, 1.165) is 12.8 Å². The van der Waals surface area contributed by atoms with Gasteiger partial charge < -0.3 is 15.4 Å². The van der Waals surface area contributed by atoms with Crippen molar-refractivity contribution < 1.29 is 14.3 Å². The first kappa shape index (κ1) is 17.3. The minimum absolute atomic E-state index is 0.0864. The molecule has 1 aliphatic carbocycles. The fourth-order valence-electron chi connectivity index (χ4n) is 2.87. The van der Waals surface area contributed by atoms with Crippen molar-refractivity contribution in [2.45, 2.75) is 26.2 Å². The van der Waals surface area contributed by atoms with Gasteiger partial charge >= 0.3 is 0 Å². The largest absolute Gasteiger partial charge is 0.484 e. The number of hydrogen-bond donors (Lipinski definition) is 2. The third-order valence-electron chi connectivity index (χ3n) is 4.00. The van der Waals surface area contributed by atoms with Gasteiger partial charge in [-0.05, 0) is 60.7 Å². The number of nitrogens with one attached hydrogen (secondary N) is 2. The van der Waals surface area contributed by atoms with Crippen molar-refractivity contribution in [2.24, 2.45) is 0 Å². The molecule has 3 rings (SSSR count). The molecule has 0 saturated heterocycles. The Morgan fingerprint density at radius 1 is 1.08 bits per heavy atom. The van der Waals surface area contributed by atoms with Crippen LogP contribution in [-0.4, -0.2) is 18.4 Å². The van der Waals surface area contributed by atoms with E-state index < -0.39 is 0 Å². The molecule has 0 radical (unpaired) electrons. The molecule has 0 spiro atoms. The number of hydrogen-bond acceptors (Lipinski definition) is 3. The molecule has 0 unspecified atom stereocenters. The van der Waals surface area contributed by atoms with E-state index >= 15 is 0 Å². The highest BCUT2D eigenvalue weighted by molar-refractivity contribution is 6.33. The van der Waals surface area contributed by atoms with Crippen LogP contribution in [0.2, 0.25) is 5.02 Å². The van der Waals surface area contributed by atoms with Crippen LogP contribution in [0.1, 0.15) is 24.5 Å². The summed E-state index contributed by atoms with van der Waals surface area (Å²) >= 11 is 6.01. The summed E-state index contributed by atoms with van der Waals surface area (Å²) in [5, 5.41) is 5.75. The molecule has 0 saturated carbocycles. The fourth-order valence-corrected chi connectivity index (χ4v) is 3.04. The highest BCUT2D eigenvalue weighted by atomic mass is 35.5. The zero-order valence-electron chi connectivity index (χ0n) is 13.9. The van der Waals surface area contributed by atoms with Crippen LogP contribution in [0, 0.1) is 0 Å². The predicted octanol–water partition coefficient (Wildman–Crippen LogP) is 3.80. The molecule has 6 heteroatoms. The van der Waals surface area contributed by atoms with E-state index in [4.69, 9.17) is 16.3 Å². The Balaban J connectivity index is 1.58. The molecular weight excluding hydrogens is 340 g/mol. The standard InChI is InChI=1S/C19H19ClN2O3/c1-12(23)21-18-10-15(6-8-17(18)20)22-19(24)11-25-16-7-5-13-3-2-4-14(13)9-16/h5-10H,2-4,11H2,1H3,(H,21,23)(H,22,24). The van der Waals surface area contributed by atoms with Crippen LogP contribution in [0.3, 0.4) is 0 Å². The van der Waals surface area contributed by atoms with Crippen molar-refractivity contribution in [3.05, 3.63) is 52.5 Å². The van der Waals surface area contributed by atoms with E-state index in [0.29, 0.717) is 22.1 Å². The second kappa shape index (κ2) is 7.57. The number of anilines is 2. The van der Waals surface area contributed by atoms with Crippen LogP contribution in [0.4, 0.5) is 11.4 Å². The Labute approximate surface area is 151 Å². The number of aryl methyl sites for hydroxylation is 2. The average Bonchev–Trinajstić information content (AvgIpc) is 3.03. The van der Waals surface area contributed by atoms with Crippen LogP contribution in [0.15, 0.2) is 36.4 Å². The Kier molecular flexibility index (Phi) is 5.24. The minimum atomic E-state index is -0.281. The summed E-state index contributed by atoms with van der Waals surface area (Å²) in [5.74, 6) is 0.188. The molecule has 0 aliphatic heterocycles. The van der Waals surface area contributed by atoms with Crippen molar-refractivity contribution in [3.63, 3.8) is 0 Å². The lowest BCUT2D eigenvalue weighted by Crippen LogP contribution is -2.20. The molecule has 2 amide bonds. The summed E-state index contributed by atoms with van der Waals surface area (Å²) in [6.07, 6.45) is 3.35. The lowest BCUT2D eigenvalue weighted by Gasteiger charge is -2.11. The first-order valence-electron chi connectivity index (χ1n) is 8.13. The SMILES string of the molecule is CC(=O)Nc1cc(NC(=O)COc2ccc3c(c2)CCC3)ccc1Cl. The third kappa shape index (κ3) is 4.51. The van der Waals surface area contributed by atoms with Crippen molar-refractivity contribution in [3.8, 4) is 5.75 Å². The third-order valence-corrected chi connectivity index (χ3v) is 4.33. The number of ether oxygens (including phenoxy) is 1. The maximum absolute atomic E-state index is 12.1. The molecule has 0 heterocycles. The van der Waals surface area contributed by atoms with Crippen LogP contribution < -0.4 is 15.4 Å². The number of carbonyl (C=O) groups excluding carboxylic acids is 2. The molecule has 2 aromatic rings. The maximum Gasteiger partial charge on any atom is 0.262 e. The Hall–Kier alpha value is -2.53. The highest BCUT2D eigenvalue weighted by Gasteiger charge is 2.12. The minimum Gasteiger partial charge on any atom is -0.484 e. The number of benzene rings is 2. The van der Waals surface area contributed by atoms with Crippen LogP contribution in [-0.2, 0) is 22.4 Å². The van der Waals surface area contributed by atoms with Gasteiger partial charge in [0.2, 0.25) is 5.91 Å². The quantitative estimate of drug-likeness (QED) is 0.854. The van der Waals surface area contributed by atoms with Crippen molar-refractivity contribution in [1.82, 2.24) is 0 Å². The van der Waals surface area contributed by atoms with Crippen LogP contribution in [0.25, 0.3) is 0 Å². The summed E-state index contributed by atoms with van der Waals surface area (Å²) in [7, 11) is 0. The van der Waals surface area contributed by atoms with Gasteiger partial charge in [0.15, 0.2) is 6.61 Å². The summed E-state index contributed by atoms with van der Waals surface area (Å²) in [4.78, 5) is 23.2. The molecule has 0 atom stereocenters. The summed E-state index contributed by atoms with van der Waals surface area (Å²) in [5.41, 5.74) is 3.65. The predicted molar refractivity (Wildman–Crippen MR) is 98.3 cm³/mol. The molecule has 0 aromatic heterocycles. The summed E-state index contributed by atoms with van der Waals surface area (Å²) in [6.45, 7) is 1.31. The topological polar surface area (TPSA) is 67.4 Å². The molecule has 5 nitrogen and oxygen atoms in total. The normalized spacial score (nSPS) is 12.4. The number of fused-ring (bicyclic) bond motifs is 1. The molecule has 25 heavy (non-hydrogen) atoms. The van der Waals surface area contributed by atoms with Crippen molar-refractivity contribution in [2.75, 3.05) is 17.2 Å². The van der Waals surface area contributed by atoms with E-state index in [1.165, 1.54) is 24.5 Å². The second-order valence-corrected chi connectivity index (χ2v) is 6.40. The van der Waals surface area contributed by atoms with E-state index in [1.54, 1.807) is 18.2 Å². The highest BCUT2D eigenvalue weighted by Crippen LogP contribution is 2.27. The summed E-state index contributed by atoms with van der Waals surface area (Å²) < 4.78 is 5.58. The lowest BCUT2D eigenvalue weighted by molar-refractivity contribution is -0.118. The van der Waals surface area contributed by atoms with E-state index in [2.05, 4.69) is 16.7 Å². The van der Waals surface area contributed by atoms with Gasteiger partial charge in [0.1, 0.15) is 5.75 Å². The van der Waals surface area contributed by atoms with Gasteiger partial charge in [-0.3, -0.25) is 9.59 Å². The molecule has 0 fully saturated rings. The van der Waals surface area contributed by atoms with E-state index in [1.807, 2.05) is 12.1 Å². The second-order valence-electron chi connectivity index (χ2n) is 6.00. The molecule has 2 N–H and O–H groups in total. The monoisotopic (exact) mass is 358 g/mol. The lowest BCUT2D eigenvalue weighted by atomic mass is 10.1. The van der Waals surface area contributed by atoms with Gasteiger partial charge in [-0.1, -0.05) is 17.7 Å². The Bertz CT molecular complexity index is 820. The maximum atomic E-state index is 12.1. The molecule has 2 aromatic carbocycles. The summed E-state index contributed by atoms with van der Waals surface area (Å²) in [6, 6.07) is 10.9. The van der Waals surface area contributed by atoms with Crippen LogP contribution >= 0.6 is 11.6 Å². The Morgan fingerprint density at radius 2 is 1.88 bits per heavy atom. The van der Waals surface area contributed by atoms with Gasteiger partial charge in [0.25, 0.3) is 5.91 Å². The Morgan fingerprint density at radius 3 is 2.68 bits per heavy atom. The average molecular weight is 359 g/mol. The number of rotatable bonds is 5. The van der Waals surface area contributed by atoms with E-state index in [-0.39, 0.29) is 18.4 Å². The molecule has 0 bridgehead atoms. The smallest absolute Gasteiger partial charge is 0.262 e. The zero-order chi connectivity index (χ0) is 17.8. The fraction of sp³-hybridized carbons (Fsp3) is 0.263. The van der Waals surface area contributed by atoms with E-state index in [9.17, 15) is 9.59 Å². The van der Waals surface area contributed by atoms with Gasteiger partial charge in [0.05, 0.1) is 10.7 Å². The van der Waals surface area contributed by atoms with Gasteiger partial charge in [0, 0.05) is 12.6 Å². The first-order valence-corrected chi connectivity index (χ1v) is 8.50. The van der Waals surface area contributed by atoms with Crippen LogP contribution in [0.5, 0.6) is 5.75 Å². The zero-order valence-corrected chi connectivity index (χ0v) is 14.7. The van der Waals surface area contributed by atoms with Gasteiger partial charge in [-0.2, -0.15) is 0 Å². The number of halogens is 1. The number of amides is 2. The first-order chi connectivity index (χ1) is 12.0. The van der Waals surface area contributed by atoms with Gasteiger partial charge in [-0.15, -0.1) is 0 Å². The van der Waals surface area contributed by atoms with Crippen molar-refractivity contribution in [1.29, 1.82) is 0 Å². The number of carbonyl (C=O) groups is 2. The van der Waals surface area contributed by atoms with Crippen molar-refractivity contribution >= 4 is 34.8 Å².